The number of rotatable bonds is 4. The van der Waals surface area contributed by atoms with E-state index in [4.69, 9.17) is 0 Å². The molecule has 0 amide bonds. The summed E-state index contributed by atoms with van der Waals surface area (Å²) in [7, 11) is 0. The van der Waals surface area contributed by atoms with Crippen LogP contribution in [0.4, 0.5) is 0 Å². The molecule has 1 unspecified atom stereocenters. The number of allylic oxidation sites excluding steroid dienone is 2. The molecule has 0 radical (unpaired) electrons. The summed E-state index contributed by atoms with van der Waals surface area (Å²) in [5.41, 5.74) is 4.33. The van der Waals surface area contributed by atoms with Crippen LogP contribution in [0.2, 0.25) is 0 Å². The zero-order valence-corrected chi connectivity index (χ0v) is 12.7. The van der Waals surface area contributed by atoms with Crippen LogP contribution in [0.15, 0.2) is 28.0 Å². The highest BCUT2D eigenvalue weighted by atomic mass is 32.2. The van der Waals surface area contributed by atoms with E-state index in [-0.39, 0.29) is 0 Å². The van der Waals surface area contributed by atoms with Gasteiger partial charge in [-0.2, -0.15) is 0 Å². The molecule has 0 nitrogen and oxygen atoms in total. The minimum atomic E-state index is 0.663. The molecule has 0 spiro atoms. The second-order valence-electron chi connectivity index (χ2n) is 4.78. The smallest absolute Gasteiger partial charge is 0.0150 e. The highest BCUT2D eigenvalue weighted by Crippen LogP contribution is 2.33. The van der Waals surface area contributed by atoms with Crippen LogP contribution in [0.3, 0.4) is 0 Å². The van der Waals surface area contributed by atoms with Crippen molar-refractivity contribution >= 4 is 11.8 Å². The third-order valence-electron chi connectivity index (χ3n) is 3.38. The van der Waals surface area contributed by atoms with Crippen molar-refractivity contribution in [2.24, 2.45) is 0 Å². The van der Waals surface area contributed by atoms with E-state index >= 15 is 0 Å². The van der Waals surface area contributed by atoms with Crippen molar-refractivity contribution in [3.63, 3.8) is 0 Å². The molecule has 0 saturated carbocycles. The Morgan fingerprint density at radius 1 is 1.29 bits per heavy atom. The van der Waals surface area contributed by atoms with Gasteiger partial charge >= 0.3 is 0 Å². The molecule has 0 aromatic heterocycles. The van der Waals surface area contributed by atoms with Gasteiger partial charge in [0.05, 0.1) is 0 Å². The SMILES string of the molecule is C/C=C(\C)Sc1cc(C)c(C(C)CC)cc1C. The summed E-state index contributed by atoms with van der Waals surface area (Å²) in [6, 6.07) is 4.71. The maximum Gasteiger partial charge on any atom is 0.0150 e. The summed E-state index contributed by atoms with van der Waals surface area (Å²) in [6.07, 6.45) is 3.38. The predicted octanol–water partition coefficient (Wildman–Crippen LogP) is 5.83. The normalized spacial score (nSPS) is 13.9. The first-order chi connectivity index (χ1) is 7.99. The molecule has 0 N–H and O–H groups in total. The molecule has 0 aliphatic rings. The van der Waals surface area contributed by atoms with E-state index in [9.17, 15) is 0 Å². The van der Waals surface area contributed by atoms with Crippen LogP contribution in [-0.4, -0.2) is 0 Å². The molecular weight excluding hydrogens is 224 g/mol. The van der Waals surface area contributed by atoms with Gasteiger partial charge in [0.25, 0.3) is 0 Å². The quantitative estimate of drug-likeness (QED) is 0.604. The Kier molecular flexibility index (Phi) is 5.32. The summed E-state index contributed by atoms with van der Waals surface area (Å²) in [5, 5.41) is 0. The number of benzene rings is 1. The first kappa shape index (κ1) is 14.4. The largest absolute Gasteiger partial charge is 0.0949 e. The Morgan fingerprint density at radius 2 is 1.94 bits per heavy atom. The molecule has 0 aliphatic carbocycles. The topological polar surface area (TPSA) is 0 Å². The summed E-state index contributed by atoms with van der Waals surface area (Å²) >= 11 is 1.87. The third-order valence-corrected chi connectivity index (χ3v) is 4.60. The van der Waals surface area contributed by atoms with Gasteiger partial charge in [0.2, 0.25) is 0 Å². The molecule has 1 aromatic rings. The molecule has 0 bridgehead atoms. The van der Waals surface area contributed by atoms with Gasteiger partial charge in [-0.15, -0.1) is 0 Å². The molecule has 0 saturated heterocycles. The lowest BCUT2D eigenvalue weighted by Gasteiger charge is -2.16. The Morgan fingerprint density at radius 3 is 2.47 bits per heavy atom. The van der Waals surface area contributed by atoms with Crippen molar-refractivity contribution in [2.75, 3.05) is 0 Å². The number of thioether (sulfide) groups is 1. The van der Waals surface area contributed by atoms with E-state index < -0.39 is 0 Å². The van der Waals surface area contributed by atoms with Gasteiger partial charge in [-0.25, -0.2) is 0 Å². The molecular formula is C16H24S. The molecule has 0 fully saturated rings. The van der Waals surface area contributed by atoms with E-state index in [1.165, 1.54) is 32.9 Å². The highest BCUT2D eigenvalue weighted by molar-refractivity contribution is 8.03. The second-order valence-corrected chi connectivity index (χ2v) is 6.07. The Hall–Kier alpha value is -0.690. The molecule has 1 heteroatoms. The fraction of sp³-hybridized carbons (Fsp3) is 0.500. The lowest BCUT2D eigenvalue weighted by molar-refractivity contribution is 0.726. The van der Waals surface area contributed by atoms with Gasteiger partial charge in [-0.05, 0) is 67.7 Å². The van der Waals surface area contributed by atoms with Crippen molar-refractivity contribution in [3.05, 3.63) is 39.8 Å². The first-order valence-corrected chi connectivity index (χ1v) is 7.23. The molecule has 1 rings (SSSR count). The van der Waals surface area contributed by atoms with Crippen LogP contribution in [0.25, 0.3) is 0 Å². The second kappa shape index (κ2) is 6.30. The van der Waals surface area contributed by atoms with E-state index in [2.05, 4.69) is 59.8 Å². The zero-order valence-electron chi connectivity index (χ0n) is 11.9. The molecule has 17 heavy (non-hydrogen) atoms. The van der Waals surface area contributed by atoms with Gasteiger partial charge in [-0.1, -0.05) is 37.8 Å². The van der Waals surface area contributed by atoms with E-state index in [0.29, 0.717) is 5.92 Å². The zero-order chi connectivity index (χ0) is 13.0. The van der Waals surface area contributed by atoms with Crippen molar-refractivity contribution in [3.8, 4) is 0 Å². The van der Waals surface area contributed by atoms with Crippen molar-refractivity contribution in [1.29, 1.82) is 0 Å². The van der Waals surface area contributed by atoms with Crippen LogP contribution in [-0.2, 0) is 0 Å². The molecule has 94 valence electrons. The molecule has 0 heterocycles. The van der Waals surface area contributed by atoms with Crippen molar-refractivity contribution in [1.82, 2.24) is 0 Å². The van der Waals surface area contributed by atoms with E-state index in [0.717, 1.165) is 0 Å². The van der Waals surface area contributed by atoms with E-state index in [1.807, 2.05) is 11.8 Å². The number of hydrogen-bond acceptors (Lipinski definition) is 1. The minimum absolute atomic E-state index is 0.663. The van der Waals surface area contributed by atoms with Gasteiger partial charge in [0, 0.05) is 4.90 Å². The first-order valence-electron chi connectivity index (χ1n) is 6.41. The summed E-state index contributed by atoms with van der Waals surface area (Å²) in [6.45, 7) is 13.3. The minimum Gasteiger partial charge on any atom is -0.0949 e. The lowest BCUT2D eigenvalue weighted by Crippen LogP contribution is -1.97. The summed E-state index contributed by atoms with van der Waals surface area (Å²) < 4.78 is 0. The predicted molar refractivity (Wildman–Crippen MR) is 79.9 cm³/mol. The van der Waals surface area contributed by atoms with Crippen LogP contribution in [0, 0.1) is 13.8 Å². The fourth-order valence-electron chi connectivity index (χ4n) is 1.91. The Labute approximate surface area is 111 Å². The third kappa shape index (κ3) is 3.64. The lowest BCUT2D eigenvalue weighted by atomic mass is 9.93. The average Bonchev–Trinajstić information content (AvgIpc) is 2.32. The van der Waals surface area contributed by atoms with Crippen molar-refractivity contribution in [2.45, 2.75) is 58.8 Å². The molecule has 1 atom stereocenters. The monoisotopic (exact) mass is 248 g/mol. The molecule has 0 aliphatic heterocycles. The van der Waals surface area contributed by atoms with Crippen molar-refractivity contribution < 1.29 is 0 Å². The summed E-state index contributed by atoms with van der Waals surface area (Å²) in [4.78, 5) is 2.76. The van der Waals surface area contributed by atoms with Gasteiger partial charge in [0.15, 0.2) is 0 Å². The highest BCUT2D eigenvalue weighted by Gasteiger charge is 2.10. The van der Waals surface area contributed by atoms with Gasteiger partial charge in [-0.3, -0.25) is 0 Å². The number of hydrogen-bond donors (Lipinski definition) is 0. The van der Waals surface area contributed by atoms with Gasteiger partial charge < -0.3 is 0 Å². The fourth-order valence-corrected chi connectivity index (χ4v) is 2.83. The van der Waals surface area contributed by atoms with Crippen LogP contribution >= 0.6 is 11.8 Å². The number of aryl methyl sites for hydroxylation is 2. The summed E-state index contributed by atoms with van der Waals surface area (Å²) in [5.74, 6) is 0.663. The Balaban J connectivity index is 3.09. The standard InChI is InChI=1S/C16H24S/c1-7-11(3)15-9-13(5)16(10-12(15)4)17-14(6)8-2/h8-11H,7H2,1-6H3/b14-8+. The Bertz CT molecular complexity index is 416. The van der Waals surface area contributed by atoms with Crippen LogP contribution in [0.5, 0.6) is 0 Å². The molecule has 1 aromatic carbocycles. The average molecular weight is 248 g/mol. The maximum absolute atomic E-state index is 2.37. The maximum atomic E-state index is 2.37. The van der Waals surface area contributed by atoms with Gasteiger partial charge in [0.1, 0.15) is 0 Å². The van der Waals surface area contributed by atoms with Crippen LogP contribution in [0.1, 0.15) is 56.7 Å². The van der Waals surface area contributed by atoms with Crippen LogP contribution < -0.4 is 0 Å². The van der Waals surface area contributed by atoms with E-state index in [1.54, 1.807) is 0 Å².